The molecule has 0 saturated carbocycles. The number of nitrogens with zero attached hydrogens (tertiary/aromatic N) is 1. The van der Waals surface area contributed by atoms with Crippen LogP contribution in [0.5, 0.6) is 0 Å². The molecule has 1 fully saturated rings. The number of halogens is 1. The van der Waals surface area contributed by atoms with Gasteiger partial charge in [-0.3, -0.25) is 19.6 Å². The average molecular weight is 395 g/mol. The van der Waals surface area contributed by atoms with E-state index in [9.17, 15) is 23.9 Å². The van der Waals surface area contributed by atoms with E-state index >= 15 is 0 Å². The topological polar surface area (TPSA) is 119 Å². The Morgan fingerprint density at radius 2 is 2.11 bits per heavy atom. The second-order valence-electron chi connectivity index (χ2n) is 6.86. The molecule has 0 bridgehead atoms. The van der Waals surface area contributed by atoms with E-state index in [4.69, 9.17) is 5.21 Å². The van der Waals surface area contributed by atoms with Gasteiger partial charge < -0.3 is 15.3 Å². The number of aliphatic hydroxyl groups excluding tert-OH is 1. The van der Waals surface area contributed by atoms with Gasteiger partial charge in [-0.2, -0.15) is 0 Å². The molecular formula is C19H26FN3O5. The maximum atomic E-state index is 13.3. The molecule has 1 aliphatic heterocycles. The van der Waals surface area contributed by atoms with E-state index in [-0.39, 0.29) is 12.1 Å². The van der Waals surface area contributed by atoms with E-state index in [1.54, 1.807) is 6.07 Å². The van der Waals surface area contributed by atoms with Crippen LogP contribution >= 0.6 is 0 Å². The molecule has 8 nitrogen and oxygen atoms in total. The number of anilines is 1. The summed E-state index contributed by atoms with van der Waals surface area (Å²) in [4.78, 5) is 38.6. The summed E-state index contributed by atoms with van der Waals surface area (Å²) in [5.74, 6) is -3.58. The number of hydrogen-bond donors (Lipinski definition) is 4. The summed E-state index contributed by atoms with van der Waals surface area (Å²) >= 11 is 0. The van der Waals surface area contributed by atoms with Crippen molar-refractivity contribution in [2.75, 3.05) is 11.9 Å². The van der Waals surface area contributed by atoms with Crippen LogP contribution in [0.2, 0.25) is 0 Å². The van der Waals surface area contributed by atoms with Gasteiger partial charge in [0.15, 0.2) is 0 Å². The Kier molecular flexibility index (Phi) is 7.89. The molecule has 1 aliphatic rings. The SMILES string of the molecule is CCCCC(C(=O)N1CCCC1C(=O)Nc1cccc(F)c1)C(O)C(=O)NO. The Hall–Kier alpha value is -2.52. The quantitative estimate of drug-likeness (QED) is 0.392. The van der Waals surface area contributed by atoms with Crippen LogP contribution < -0.4 is 10.8 Å². The molecule has 3 atom stereocenters. The van der Waals surface area contributed by atoms with Gasteiger partial charge in [0.05, 0.1) is 5.92 Å². The summed E-state index contributed by atoms with van der Waals surface area (Å²) < 4.78 is 13.3. The fourth-order valence-electron chi connectivity index (χ4n) is 3.40. The lowest BCUT2D eigenvalue weighted by atomic mass is 9.93. The van der Waals surface area contributed by atoms with Crippen molar-refractivity contribution in [1.82, 2.24) is 10.4 Å². The molecule has 154 valence electrons. The highest BCUT2D eigenvalue weighted by Crippen LogP contribution is 2.25. The van der Waals surface area contributed by atoms with Crippen LogP contribution in [0.4, 0.5) is 10.1 Å². The van der Waals surface area contributed by atoms with Crippen LogP contribution in [0.3, 0.4) is 0 Å². The van der Waals surface area contributed by atoms with Crippen molar-refractivity contribution in [3.05, 3.63) is 30.1 Å². The number of likely N-dealkylation sites (tertiary alicyclic amines) is 1. The van der Waals surface area contributed by atoms with Crippen LogP contribution in [0, 0.1) is 11.7 Å². The van der Waals surface area contributed by atoms with Gasteiger partial charge in [0, 0.05) is 12.2 Å². The number of unbranched alkanes of at least 4 members (excludes halogenated alkanes) is 1. The van der Waals surface area contributed by atoms with E-state index in [1.807, 2.05) is 6.92 Å². The molecule has 1 aromatic rings. The van der Waals surface area contributed by atoms with Crippen LogP contribution in [0.1, 0.15) is 39.0 Å². The van der Waals surface area contributed by atoms with Crippen molar-refractivity contribution >= 4 is 23.4 Å². The summed E-state index contributed by atoms with van der Waals surface area (Å²) in [5.41, 5.74) is 1.65. The molecule has 0 aromatic heterocycles. The first-order valence-electron chi connectivity index (χ1n) is 9.38. The van der Waals surface area contributed by atoms with Crippen molar-refractivity contribution in [3.63, 3.8) is 0 Å². The maximum absolute atomic E-state index is 13.3. The first-order chi connectivity index (χ1) is 13.4. The molecule has 3 amide bonds. The third kappa shape index (κ3) is 5.26. The maximum Gasteiger partial charge on any atom is 0.272 e. The second-order valence-corrected chi connectivity index (χ2v) is 6.86. The number of hydrogen-bond acceptors (Lipinski definition) is 5. The van der Waals surface area contributed by atoms with Gasteiger partial charge in [-0.15, -0.1) is 0 Å². The summed E-state index contributed by atoms with van der Waals surface area (Å²) in [7, 11) is 0. The molecule has 0 aliphatic carbocycles. The average Bonchev–Trinajstić information content (AvgIpc) is 3.17. The summed E-state index contributed by atoms with van der Waals surface area (Å²) in [6.07, 6.45) is 0.905. The molecule has 9 heteroatoms. The Morgan fingerprint density at radius 1 is 1.36 bits per heavy atom. The number of nitrogens with one attached hydrogen (secondary N) is 2. The van der Waals surface area contributed by atoms with Gasteiger partial charge in [0.25, 0.3) is 5.91 Å². The molecule has 0 spiro atoms. The van der Waals surface area contributed by atoms with Gasteiger partial charge >= 0.3 is 0 Å². The molecule has 1 heterocycles. The molecule has 1 saturated heterocycles. The van der Waals surface area contributed by atoms with Crippen molar-refractivity contribution < 1.29 is 29.1 Å². The summed E-state index contributed by atoms with van der Waals surface area (Å²) in [6, 6.07) is 4.67. The zero-order valence-electron chi connectivity index (χ0n) is 15.7. The second kappa shape index (κ2) is 10.1. The van der Waals surface area contributed by atoms with Crippen LogP contribution in [-0.4, -0.2) is 51.6 Å². The van der Waals surface area contributed by atoms with Crippen LogP contribution in [0.25, 0.3) is 0 Å². The summed E-state index contributed by atoms with van der Waals surface area (Å²) in [6.45, 7) is 2.22. The largest absolute Gasteiger partial charge is 0.382 e. The van der Waals surface area contributed by atoms with Gasteiger partial charge in [-0.05, 0) is 37.5 Å². The normalized spacial score (nSPS) is 18.4. The highest BCUT2D eigenvalue weighted by atomic mass is 19.1. The standard InChI is InChI=1S/C19H26FN3O5/c1-2-3-8-14(16(24)18(26)22-28)19(27)23-10-5-9-15(23)17(25)21-13-7-4-6-12(20)11-13/h4,6-7,11,14-16,24,28H,2-3,5,8-10H2,1H3,(H,21,25)(H,22,26). The number of rotatable bonds is 8. The summed E-state index contributed by atoms with van der Waals surface area (Å²) in [5, 5.41) is 21.5. The zero-order valence-corrected chi connectivity index (χ0v) is 15.7. The third-order valence-electron chi connectivity index (χ3n) is 4.88. The Morgan fingerprint density at radius 3 is 2.75 bits per heavy atom. The van der Waals surface area contributed by atoms with Gasteiger partial charge in [-0.1, -0.05) is 25.8 Å². The minimum atomic E-state index is -1.71. The minimum Gasteiger partial charge on any atom is -0.382 e. The van der Waals surface area contributed by atoms with E-state index in [0.717, 1.165) is 6.42 Å². The molecular weight excluding hydrogens is 369 g/mol. The van der Waals surface area contributed by atoms with Crippen LogP contribution in [-0.2, 0) is 14.4 Å². The lowest BCUT2D eigenvalue weighted by Gasteiger charge is -2.30. The van der Waals surface area contributed by atoms with E-state index in [2.05, 4.69) is 5.32 Å². The number of carbonyl (C=O) groups excluding carboxylic acids is 3. The number of aliphatic hydroxyl groups is 1. The zero-order chi connectivity index (χ0) is 20.7. The number of benzene rings is 1. The predicted octanol–water partition coefficient (Wildman–Crippen LogP) is 1.43. The lowest BCUT2D eigenvalue weighted by molar-refractivity contribution is -0.152. The molecule has 4 N–H and O–H groups in total. The first kappa shape index (κ1) is 21.8. The van der Waals surface area contributed by atoms with Crippen molar-refractivity contribution in [2.45, 2.75) is 51.2 Å². The number of hydroxylamine groups is 1. The van der Waals surface area contributed by atoms with Crippen LogP contribution in [0.15, 0.2) is 24.3 Å². The Balaban J connectivity index is 2.14. The fourth-order valence-corrected chi connectivity index (χ4v) is 3.40. The predicted molar refractivity (Wildman–Crippen MR) is 98.7 cm³/mol. The van der Waals surface area contributed by atoms with Gasteiger partial charge in [0.2, 0.25) is 11.8 Å². The number of amides is 3. The molecule has 2 rings (SSSR count). The minimum absolute atomic E-state index is 0.249. The molecule has 1 aromatic carbocycles. The van der Waals surface area contributed by atoms with E-state index < -0.39 is 41.6 Å². The monoisotopic (exact) mass is 395 g/mol. The first-order valence-corrected chi connectivity index (χ1v) is 9.38. The lowest BCUT2D eigenvalue weighted by Crippen LogP contribution is -2.50. The molecule has 28 heavy (non-hydrogen) atoms. The smallest absolute Gasteiger partial charge is 0.272 e. The third-order valence-corrected chi connectivity index (χ3v) is 4.88. The Labute approximate surface area is 162 Å². The highest BCUT2D eigenvalue weighted by molar-refractivity contribution is 5.98. The fraction of sp³-hybridized carbons (Fsp3) is 0.526. The van der Waals surface area contributed by atoms with E-state index in [0.29, 0.717) is 25.8 Å². The highest BCUT2D eigenvalue weighted by Gasteiger charge is 2.41. The van der Waals surface area contributed by atoms with E-state index in [1.165, 1.54) is 28.6 Å². The van der Waals surface area contributed by atoms with Crippen molar-refractivity contribution in [1.29, 1.82) is 0 Å². The molecule has 0 radical (unpaired) electrons. The van der Waals surface area contributed by atoms with Gasteiger partial charge in [-0.25, -0.2) is 9.87 Å². The Bertz CT molecular complexity index is 715. The van der Waals surface area contributed by atoms with Crippen molar-refractivity contribution in [3.8, 4) is 0 Å². The van der Waals surface area contributed by atoms with Crippen molar-refractivity contribution in [2.24, 2.45) is 5.92 Å². The number of carbonyl (C=O) groups is 3. The molecule has 3 unspecified atom stereocenters. The van der Waals surface area contributed by atoms with Gasteiger partial charge in [0.1, 0.15) is 18.0 Å².